The second kappa shape index (κ2) is 6.19. The van der Waals surface area contributed by atoms with Crippen LogP contribution in [-0.4, -0.2) is 36.6 Å². The van der Waals surface area contributed by atoms with Gasteiger partial charge in [-0.2, -0.15) is 0 Å². The summed E-state index contributed by atoms with van der Waals surface area (Å²) in [6.07, 6.45) is 6.94. The fourth-order valence-corrected chi connectivity index (χ4v) is 3.84. The molecule has 0 aromatic heterocycles. The van der Waals surface area contributed by atoms with E-state index < -0.39 is 0 Å². The molecular weight excluding hydrogens is 208 g/mol. The molecule has 1 saturated heterocycles. The molecule has 0 bridgehead atoms. The van der Waals surface area contributed by atoms with Crippen LogP contribution in [0.2, 0.25) is 0 Å². The van der Waals surface area contributed by atoms with E-state index >= 15 is 0 Å². The highest BCUT2D eigenvalue weighted by atomic mass is 15.2. The molecule has 2 fully saturated rings. The first-order valence-corrected chi connectivity index (χ1v) is 7.66. The summed E-state index contributed by atoms with van der Waals surface area (Å²) in [6, 6.07) is 1.64. The van der Waals surface area contributed by atoms with Gasteiger partial charge in [-0.15, -0.1) is 0 Å². The monoisotopic (exact) mass is 238 g/mol. The van der Waals surface area contributed by atoms with Crippen molar-refractivity contribution in [2.24, 2.45) is 11.8 Å². The second-order valence-electron chi connectivity index (χ2n) is 6.51. The molecule has 0 aromatic carbocycles. The molecule has 2 aliphatic rings. The molecule has 0 amide bonds. The lowest BCUT2D eigenvalue weighted by atomic mass is 9.80. The van der Waals surface area contributed by atoms with E-state index in [0.717, 1.165) is 23.9 Å². The standard InChI is InChI=1S/C15H30N2/c1-4-6-16-14-5-7-17(11-14)15-9-12(2)8-13(3)10-15/h12-16H,4-11H2,1-3H3. The number of hydrogen-bond acceptors (Lipinski definition) is 2. The van der Waals surface area contributed by atoms with Crippen molar-refractivity contribution in [3.05, 3.63) is 0 Å². The van der Waals surface area contributed by atoms with Gasteiger partial charge in [0, 0.05) is 25.2 Å². The maximum Gasteiger partial charge on any atom is 0.0207 e. The third kappa shape index (κ3) is 3.69. The van der Waals surface area contributed by atoms with Crippen molar-refractivity contribution in [1.29, 1.82) is 0 Å². The third-order valence-corrected chi connectivity index (χ3v) is 4.57. The van der Waals surface area contributed by atoms with Crippen molar-refractivity contribution in [1.82, 2.24) is 10.2 Å². The van der Waals surface area contributed by atoms with Gasteiger partial charge in [0.25, 0.3) is 0 Å². The van der Waals surface area contributed by atoms with Gasteiger partial charge >= 0.3 is 0 Å². The largest absolute Gasteiger partial charge is 0.313 e. The Morgan fingerprint density at radius 3 is 2.47 bits per heavy atom. The highest BCUT2D eigenvalue weighted by molar-refractivity contribution is 4.89. The third-order valence-electron chi connectivity index (χ3n) is 4.57. The van der Waals surface area contributed by atoms with E-state index in [0.29, 0.717) is 0 Å². The molecule has 1 aliphatic heterocycles. The molecule has 0 radical (unpaired) electrons. The van der Waals surface area contributed by atoms with E-state index in [4.69, 9.17) is 0 Å². The second-order valence-corrected chi connectivity index (χ2v) is 6.51. The van der Waals surface area contributed by atoms with Gasteiger partial charge in [-0.25, -0.2) is 0 Å². The van der Waals surface area contributed by atoms with Gasteiger partial charge in [0.05, 0.1) is 0 Å². The zero-order valence-corrected chi connectivity index (χ0v) is 11.9. The molecule has 1 heterocycles. The summed E-state index contributed by atoms with van der Waals surface area (Å²) < 4.78 is 0. The van der Waals surface area contributed by atoms with Crippen molar-refractivity contribution in [3.8, 4) is 0 Å². The molecule has 2 heteroatoms. The quantitative estimate of drug-likeness (QED) is 0.810. The minimum absolute atomic E-state index is 0.766. The lowest BCUT2D eigenvalue weighted by Crippen LogP contribution is -2.41. The van der Waals surface area contributed by atoms with Gasteiger partial charge in [-0.05, 0) is 50.5 Å². The van der Waals surface area contributed by atoms with Crippen LogP contribution in [0, 0.1) is 11.8 Å². The SMILES string of the molecule is CCCNC1CCN(C2CC(C)CC(C)C2)C1. The van der Waals surface area contributed by atoms with Gasteiger partial charge in [0.15, 0.2) is 0 Å². The molecule has 3 unspecified atom stereocenters. The molecule has 0 spiro atoms. The molecule has 2 rings (SSSR count). The Kier molecular flexibility index (Phi) is 4.87. The summed E-state index contributed by atoms with van der Waals surface area (Å²) in [4.78, 5) is 2.76. The first-order valence-electron chi connectivity index (χ1n) is 7.66. The van der Waals surface area contributed by atoms with Crippen LogP contribution < -0.4 is 5.32 Å². The molecule has 1 N–H and O–H groups in total. The smallest absolute Gasteiger partial charge is 0.0207 e. The minimum Gasteiger partial charge on any atom is -0.313 e. The van der Waals surface area contributed by atoms with Crippen LogP contribution in [0.25, 0.3) is 0 Å². The summed E-state index contributed by atoms with van der Waals surface area (Å²) in [5.41, 5.74) is 0. The van der Waals surface area contributed by atoms with Crippen molar-refractivity contribution < 1.29 is 0 Å². The average molecular weight is 238 g/mol. The maximum atomic E-state index is 3.68. The number of hydrogen-bond donors (Lipinski definition) is 1. The molecule has 1 aliphatic carbocycles. The summed E-state index contributed by atoms with van der Waals surface area (Å²) >= 11 is 0. The van der Waals surface area contributed by atoms with Crippen LogP contribution in [0.15, 0.2) is 0 Å². The molecule has 17 heavy (non-hydrogen) atoms. The van der Waals surface area contributed by atoms with Gasteiger partial charge < -0.3 is 5.32 Å². The lowest BCUT2D eigenvalue weighted by Gasteiger charge is -2.37. The van der Waals surface area contributed by atoms with Crippen molar-refractivity contribution in [2.75, 3.05) is 19.6 Å². The van der Waals surface area contributed by atoms with Crippen LogP contribution in [0.4, 0.5) is 0 Å². The number of nitrogens with one attached hydrogen (secondary N) is 1. The first-order chi connectivity index (χ1) is 8.19. The molecule has 3 atom stereocenters. The zero-order chi connectivity index (χ0) is 12.3. The minimum atomic E-state index is 0.766. The fourth-order valence-electron chi connectivity index (χ4n) is 3.84. The summed E-state index contributed by atoms with van der Waals surface area (Å²) in [5.74, 6) is 1.87. The Labute approximate surface area is 107 Å². The van der Waals surface area contributed by atoms with Crippen LogP contribution in [0.1, 0.15) is 52.9 Å². The Hall–Kier alpha value is -0.0800. The summed E-state index contributed by atoms with van der Waals surface area (Å²) in [6.45, 7) is 10.9. The van der Waals surface area contributed by atoms with Gasteiger partial charge in [-0.3, -0.25) is 4.90 Å². The fraction of sp³-hybridized carbons (Fsp3) is 1.00. The molecule has 1 saturated carbocycles. The van der Waals surface area contributed by atoms with Crippen LogP contribution >= 0.6 is 0 Å². The van der Waals surface area contributed by atoms with E-state index in [9.17, 15) is 0 Å². The molecule has 100 valence electrons. The van der Waals surface area contributed by atoms with Crippen molar-refractivity contribution >= 4 is 0 Å². The van der Waals surface area contributed by atoms with Gasteiger partial charge in [0.1, 0.15) is 0 Å². The predicted molar refractivity (Wildman–Crippen MR) is 74.2 cm³/mol. The topological polar surface area (TPSA) is 15.3 Å². The first kappa shape index (κ1) is 13.4. The normalized spacial score (nSPS) is 39.7. The van der Waals surface area contributed by atoms with E-state index in [2.05, 4.69) is 31.0 Å². The Balaban J connectivity index is 1.79. The predicted octanol–water partition coefficient (Wildman–Crippen LogP) is 2.89. The lowest BCUT2D eigenvalue weighted by molar-refractivity contribution is 0.130. The van der Waals surface area contributed by atoms with E-state index in [1.807, 2.05) is 0 Å². The summed E-state index contributed by atoms with van der Waals surface area (Å²) in [5, 5.41) is 3.68. The molecular formula is C15H30N2. The van der Waals surface area contributed by atoms with Gasteiger partial charge in [0.2, 0.25) is 0 Å². The molecule has 2 nitrogen and oxygen atoms in total. The van der Waals surface area contributed by atoms with E-state index in [-0.39, 0.29) is 0 Å². The van der Waals surface area contributed by atoms with Crippen molar-refractivity contribution in [2.45, 2.75) is 65.0 Å². The Morgan fingerprint density at radius 2 is 1.82 bits per heavy atom. The number of likely N-dealkylation sites (tertiary alicyclic amines) is 1. The van der Waals surface area contributed by atoms with Crippen LogP contribution in [0.3, 0.4) is 0 Å². The average Bonchev–Trinajstić information content (AvgIpc) is 2.73. The van der Waals surface area contributed by atoms with E-state index in [1.54, 1.807) is 0 Å². The summed E-state index contributed by atoms with van der Waals surface area (Å²) in [7, 11) is 0. The Bertz CT molecular complexity index is 219. The zero-order valence-electron chi connectivity index (χ0n) is 11.9. The number of nitrogens with zero attached hydrogens (tertiary/aromatic N) is 1. The van der Waals surface area contributed by atoms with Gasteiger partial charge in [-0.1, -0.05) is 20.8 Å². The maximum absolute atomic E-state index is 3.68. The highest BCUT2D eigenvalue weighted by Gasteiger charge is 2.32. The van der Waals surface area contributed by atoms with Crippen LogP contribution in [0.5, 0.6) is 0 Å². The molecule has 0 aromatic rings. The van der Waals surface area contributed by atoms with E-state index in [1.165, 1.54) is 51.7 Å². The number of rotatable bonds is 4. The Morgan fingerprint density at radius 1 is 1.12 bits per heavy atom. The highest BCUT2D eigenvalue weighted by Crippen LogP contribution is 2.32. The van der Waals surface area contributed by atoms with Crippen molar-refractivity contribution in [3.63, 3.8) is 0 Å². The van der Waals surface area contributed by atoms with Crippen LogP contribution in [-0.2, 0) is 0 Å².